The minimum Gasteiger partial charge on any atom is -0.394 e. The van der Waals surface area contributed by atoms with Crippen molar-refractivity contribution in [1.82, 2.24) is 0 Å². The molecule has 7 nitrogen and oxygen atoms in total. The Morgan fingerprint density at radius 3 is 2.36 bits per heavy atom. The molecule has 0 spiro atoms. The summed E-state index contributed by atoms with van der Waals surface area (Å²) in [6, 6.07) is 0. The molecule has 0 aromatic heterocycles. The van der Waals surface area contributed by atoms with Crippen LogP contribution in [0.5, 0.6) is 0 Å². The van der Waals surface area contributed by atoms with E-state index >= 15 is 0 Å². The number of hydrogen-bond donors (Lipinski definition) is 6. The van der Waals surface area contributed by atoms with Gasteiger partial charge in [-0.25, -0.2) is 0 Å². The first kappa shape index (κ1) is 32.6. The predicted molar refractivity (Wildman–Crippen MR) is 162 cm³/mol. The van der Waals surface area contributed by atoms with Gasteiger partial charge in [0.2, 0.25) is 0 Å². The number of rotatable bonds is 7. The quantitative estimate of drug-likeness (QED) is 0.245. The van der Waals surface area contributed by atoms with Crippen LogP contribution in [0.25, 0.3) is 0 Å². The maximum Gasteiger partial charge on any atom is 0.198 e. The van der Waals surface area contributed by atoms with Crippen LogP contribution in [0.1, 0.15) is 92.9 Å². The van der Waals surface area contributed by atoms with Gasteiger partial charge in [0, 0.05) is 5.92 Å². The zero-order chi connectivity index (χ0) is 30.8. The van der Waals surface area contributed by atoms with E-state index in [-0.39, 0.29) is 17.8 Å². The van der Waals surface area contributed by atoms with Crippen molar-refractivity contribution in [3.8, 4) is 0 Å². The lowest BCUT2D eigenvalue weighted by Gasteiger charge is -2.63. The molecule has 0 bridgehead atoms. The molecule has 1 saturated heterocycles. The monoisotopic (exact) mass is 590 g/mol. The van der Waals surface area contributed by atoms with E-state index < -0.39 is 54.2 Å². The van der Waals surface area contributed by atoms with Gasteiger partial charge in [-0.3, -0.25) is 0 Å². The molecule has 240 valence electrons. The normalized spacial score (nSPS) is 50.6. The molecule has 3 unspecified atom stereocenters. The Hall–Kier alpha value is -0.800. The molecule has 1 heterocycles. The Bertz CT molecular complexity index is 1020. The van der Waals surface area contributed by atoms with E-state index in [9.17, 15) is 30.6 Å². The van der Waals surface area contributed by atoms with Gasteiger partial charge in [-0.05, 0) is 104 Å². The molecule has 7 heteroatoms. The SMILES string of the molecule is CCC(/C=C/[C@@H](C)[C@H]1CC[C@H]2[C@@H]3CC=C4C[C@@H](O)CC(C5(O)O[C@H](CO)[C@@H](O)[C@H](O)[C@H]5O)[C@]4(C)[C@H]3CC[C@]12C)C(C)C. The van der Waals surface area contributed by atoms with E-state index in [1.54, 1.807) is 0 Å². The Balaban J connectivity index is 1.45. The molecule has 5 aliphatic rings. The largest absolute Gasteiger partial charge is 0.394 e. The number of ether oxygens (including phenoxy) is 1. The van der Waals surface area contributed by atoms with Crippen LogP contribution in [-0.2, 0) is 4.74 Å². The smallest absolute Gasteiger partial charge is 0.198 e. The summed E-state index contributed by atoms with van der Waals surface area (Å²) in [5, 5.41) is 65.3. The van der Waals surface area contributed by atoms with Crippen LogP contribution in [0.4, 0.5) is 0 Å². The molecule has 0 aromatic rings. The van der Waals surface area contributed by atoms with E-state index in [4.69, 9.17) is 4.74 Å². The third kappa shape index (κ3) is 4.98. The van der Waals surface area contributed by atoms with Crippen molar-refractivity contribution in [2.24, 2.45) is 58.2 Å². The van der Waals surface area contributed by atoms with Gasteiger partial charge in [0.15, 0.2) is 5.79 Å². The lowest BCUT2D eigenvalue weighted by molar-refractivity contribution is -0.384. The third-order valence-corrected chi connectivity index (χ3v) is 13.4. The van der Waals surface area contributed by atoms with Gasteiger partial charge in [0.05, 0.1) is 12.7 Å². The molecule has 3 saturated carbocycles. The van der Waals surface area contributed by atoms with E-state index in [1.165, 1.54) is 12.8 Å². The van der Waals surface area contributed by atoms with Crippen LogP contribution in [0.15, 0.2) is 23.8 Å². The first-order valence-electron chi connectivity index (χ1n) is 16.8. The van der Waals surface area contributed by atoms with Crippen molar-refractivity contribution in [3.05, 3.63) is 23.8 Å². The van der Waals surface area contributed by atoms with Gasteiger partial charge in [0.1, 0.15) is 24.4 Å². The summed E-state index contributed by atoms with van der Waals surface area (Å²) in [4.78, 5) is 0. The van der Waals surface area contributed by atoms with Gasteiger partial charge >= 0.3 is 0 Å². The van der Waals surface area contributed by atoms with E-state index in [0.717, 1.165) is 31.3 Å². The van der Waals surface area contributed by atoms with Crippen molar-refractivity contribution >= 4 is 0 Å². The number of fused-ring (bicyclic) bond motifs is 5. The van der Waals surface area contributed by atoms with Crippen LogP contribution >= 0.6 is 0 Å². The Morgan fingerprint density at radius 2 is 1.71 bits per heavy atom. The minimum atomic E-state index is -2.21. The molecule has 1 aliphatic heterocycles. The topological polar surface area (TPSA) is 131 Å². The summed E-state index contributed by atoms with van der Waals surface area (Å²) < 4.78 is 5.93. The van der Waals surface area contributed by atoms with Crippen molar-refractivity contribution in [1.29, 1.82) is 0 Å². The average molecular weight is 591 g/mol. The zero-order valence-corrected chi connectivity index (χ0v) is 26.7. The molecule has 42 heavy (non-hydrogen) atoms. The lowest BCUT2D eigenvalue weighted by atomic mass is 9.43. The molecule has 15 atom stereocenters. The summed E-state index contributed by atoms with van der Waals surface area (Å²) in [6.07, 6.45) is 7.73. The Kier molecular flexibility index (Phi) is 9.19. The van der Waals surface area contributed by atoms with Gasteiger partial charge in [-0.2, -0.15) is 0 Å². The summed E-state index contributed by atoms with van der Waals surface area (Å²) >= 11 is 0. The molecule has 6 N–H and O–H groups in total. The standard InChI is InChI=1S/C35H58O7/c1-7-21(19(2)3)9-8-20(4)25-12-13-26-24-11-10-22-16-23(37)17-29(34(22,6)27(24)14-15-33(25,26)5)35(41)32(40)31(39)30(38)28(18-36)42-35/h8-10,19-21,23-32,36-41H,7,11-18H2,1-6H3/b9-8+/t20-,21?,23-,24+,25-,26+,27+,28-,29?,30-,31+,32-,33-,34+,35?/m1/s1. The molecule has 0 amide bonds. The molecule has 0 aromatic carbocycles. The maximum absolute atomic E-state index is 12.1. The van der Waals surface area contributed by atoms with Crippen molar-refractivity contribution in [2.75, 3.05) is 6.61 Å². The number of aliphatic hydroxyl groups excluding tert-OH is 5. The highest BCUT2D eigenvalue weighted by atomic mass is 16.7. The summed E-state index contributed by atoms with van der Waals surface area (Å²) in [5.41, 5.74) is 0.776. The lowest BCUT2D eigenvalue weighted by Crippen LogP contribution is -2.71. The highest BCUT2D eigenvalue weighted by Gasteiger charge is 2.67. The van der Waals surface area contributed by atoms with Crippen LogP contribution < -0.4 is 0 Å². The Morgan fingerprint density at radius 1 is 1.00 bits per heavy atom. The second-order valence-electron chi connectivity index (χ2n) is 15.6. The number of hydrogen-bond acceptors (Lipinski definition) is 7. The molecule has 4 fully saturated rings. The molecular formula is C35H58O7. The molecule has 5 rings (SSSR count). The van der Waals surface area contributed by atoms with Gasteiger partial charge in [-0.1, -0.05) is 65.3 Å². The average Bonchev–Trinajstić information content (AvgIpc) is 3.31. The van der Waals surface area contributed by atoms with Crippen LogP contribution in [0.3, 0.4) is 0 Å². The fraction of sp³-hybridized carbons (Fsp3) is 0.886. The molecule has 0 radical (unpaired) electrons. The minimum absolute atomic E-state index is 0.215. The van der Waals surface area contributed by atoms with Gasteiger partial charge < -0.3 is 35.4 Å². The van der Waals surface area contributed by atoms with E-state index in [0.29, 0.717) is 41.9 Å². The van der Waals surface area contributed by atoms with Crippen LogP contribution in [-0.4, -0.2) is 73.6 Å². The fourth-order valence-electron chi connectivity index (χ4n) is 11.0. The Labute approximate surface area is 253 Å². The second kappa shape index (κ2) is 11.9. The fourth-order valence-corrected chi connectivity index (χ4v) is 11.0. The highest BCUT2D eigenvalue weighted by Crippen LogP contribution is 2.69. The van der Waals surface area contributed by atoms with Crippen molar-refractivity contribution in [3.63, 3.8) is 0 Å². The predicted octanol–water partition coefficient (Wildman–Crippen LogP) is 4.19. The highest BCUT2D eigenvalue weighted by molar-refractivity contribution is 5.29. The van der Waals surface area contributed by atoms with E-state index in [2.05, 4.69) is 59.8 Å². The molecular weight excluding hydrogens is 532 g/mol. The summed E-state index contributed by atoms with van der Waals surface area (Å²) in [7, 11) is 0. The van der Waals surface area contributed by atoms with Crippen molar-refractivity contribution < 1.29 is 35.4 Å². The maximum atomic E-state index is 12.1. The van der Waals surface area contributed by atoms with Gasteiger partial charge in [-0.15, -0.1) is 0 Å². The van der Waals surface area contributed by atoms with Crippen molar-refractivity contribution in [2.45, 2.75) is 129 Å². The third-order valence-electron chi connectivity index (χ3n) is 13.4. The first-order chi connectivity index (χ1) is 19.7. The number of allylic oxidation sites excluding steroid dienone is 3. The number of aliphatic hydroxyl groups is 6. The summed E-state index contributed by atoms with van der Waals surface area (Å²) in [6.45, 7) is 13.4. The van der Waals surface area contributed by atoms with Crippen LogP contribution in [0.2, 0.25) is 0 Å². The first-order valence-corrected chi connectivity index (χ1v) is 16.8. The second-order valence-corrected chi connectivity index (χ2v) is 15.6. The summed E-state index contributed by atoms with van der Waals surface area (Å²) in [5.74, 6) is 0.687. The van der Waals surface area contributed by atoms with Gasteiger partial charge in [0.25, 0.3) is 0 Å². The van der Waals surface area contributed by atoms with E-state index in [1.807, 2.05) is 0 Å². The van der Waals surface area contributed by atoms with Crippen LogP contribution in [0, 0.1) is 58.2 Å². The zero-order valence-electron chi connectivity index (χ0n) is 26.7. The molecule has 4 aliphatic carbocycles.